The normalized spacial score (nSPS) is 12.6. The second-order valence-corrected chi connectivity index (χ2v) is 8.82. The number of aromatic nitrogens is 4. The predicted octanol–water partition coefficient (Wildman–Crippen LogP) is 3.50. The van der Waals surface area contributed by atoms with Gasteiger partial charge in [-0.1, -0.05) is 18.2 Å². The third-order valence-corrected chi connectivity index (χ3v) is 6.29. The summed E-state index contributed by atoms with van der Waals surface area (Å²) in [6, 6.07) is 13.0. The lowest BCUT2D eigenvalue weighted by atomic mass is 10.1. The van der Waals surface area contributed by atoms with E-state index >= 15 is 0 Å². The number of hydrogen-bond donors (Lipinski definition) is 0. The Morgan fingerprint density at radius 2 is 2.00 bits per heavy atom. The van der Waals surface area contributed by atoms with Crippen molar-refractivity contribution in [1.29, 1.82) is 0 Å². The monoisotopic (exact) mass is 459 g/mol. The van der Waals surface area contributed by atoms with Gasteiger partial charge >= 0.3 is 5.97 Å². The Kier molecular flexibility index (Phi) is 5.70. The molecule has 166 valence electrons. The molecule has 0 fully saturated rings. The first-order chi connectivity index (χ1) is 16.1. The SMILES string of the molecule is Cc1nc(-c2ccc3c(c2)CCN3C(=O)COC(=O)c2ccc(Cn3cncn3)cc2)cs1. The van der Waals surface area contributed by atoms with Crippen molar-refractivity contribution in [2.24, 2.45) is 0 Å². The van der Waals surface area contributed by atoms with Crippen molar-refractivity contribution in [3.05, 3.63) is 82.2 Å². The minimum Gasteiger partial charge on any atom is -0.452 e. The summed E-state index contributed by atoms with van der Waals surface area (Å²) in [6.45, 7) is 2.82. The number of ether oxygens (including phenoxy) is 1. The van der Waals surface area contributed by atoms with Crippen molar-refractivity contribution in [2.75, 3.05) is 18.1 Å². The van der Waals surface area contributed by atoms with Crippen molar-refractivity contribution >= 4 is 28.9 Å². The molecule has 0 N–H and O–H groups in total. The summed E-state index contributed by atoms with van der Waals surface area (Å²) in [4.78, 5) is 35.3. The van der Waals surface area contributed by atoms with Gasteiger partial charge in [-0.2, -0.15) is 5.10 Å². The maximum absolute atomic E-state index is 12.8. The van der Waals surface area contributed by atoms with Gasteiger partial charge in [-0.15, -0.1) is 11.3 Å². The number of thiazole rings is 1. The molecule has 33 heavy (non-hydrogen) atoms. The van der Waals surface area contributed by atoms with Gasteiger partial charge in [0.2, 0.25) is 0 Å². The van der Waals surface area contributed by atoms with E-state index in [-0.39, 0.29) is 12.5 Å². The Labute approximate surface area is 194 Å². The Bertz CT molecular complexity index is 1300. The molecule has 9 heteroatoms. The zero-order chi connectivity index (χ0) is 22.8. The van der Waals surface area contributed by atoms with E-state index in [1.807, 2.05) is 36.6 Å². The third kappa shape index (κ3) is 4.54. The molecule has 0 aliphatic carbocycles. The molecule has 2 aromatic heterocycles. The second kappa shape index (κ2) is 8.95. The number of benzene rings is 2. The summed E-state index contributed by atoms with van der Waals surface area (Å²) in [5.74, 6) is -0.758. The average molecular weight is 460 g/mol. The van der Waals surface area contributed by atoms with Gasteiger partial charge in [-0.05, 0) is 48.7 Å². The Morgan fingerprint density at radius 1 is 1.15 bits per heavy atom. The fraction of sp³-hybridized carbons (Fsp3) is 0.208. The lowest BCUT2D eigenvalue weighted by Gasteiger charge is -2.17. The number of fused-ring (bicyclic) bond motifs is 1. The molecule has 0 unspecified atom stereocenters. The maximum Gasteiger partial charge on any atom is 0.338 e. The molecule has 5 rings (SSSR count). The Balaban J connectivity index is 1.19. The summed E-state index contributed by atoms with van der Waals surface area (Å²) in [7, 11) is 0. The number of esters is 1. The molecule has 0 saturated carbocycles. The molecule has 3 heterocycles. The van der Waals surface area contributed by atoms with Crippen LogP contribution in [0.2, 0.25) is 0 Å². The Morgan fingerprint density at radius 3 is 2.73 bits per heavy atom. The first-order valence-corrected chi connectivity index (χ1v) is 11.4. The van der Waals surface area contributed by atoms with Crippen LogP contribution in [0.5, 0.6) is 0 Å². The highest BCUT2D eigenvalue weighted by Crippen LogP contribution is 2.32. The van der Waals surface area contributed by atoms with Crippen LogP contribution in [0.4, 0.5) is 5.69 Å². The molecule has 0 bridgehead atoms. The molecule has 1 amide bonds. The molecular weight excluding hydrogens is 438 g/mol. The number of carbonyl (C=O) groups is 2. The lowest BCUT2D eigenvalue weighted by molar-refractivity contribution is -0.121. The lowest BCUT2D eigenvalue weighted by Crippen LogP contribution is -2.33. The summed E-state index contributed by atoms with van der Waals surface area (Å²) in [6.07, 6.45) is 3.87. The number of aryl methyl sites for hydroxylation is 1. The van der Waals surface area contributed by atoms with Gasteiger partial charge in [-0.25, -0.2) is 19.4 Å². The number of anilines is 1. The second-order valence-electron chi connectivity index (χ2n) is 7.76. The molecule has 1 aliphatic rings. The standard InChI is InChI=1S/C24H21N5O3S/c1-16-27-21(13-33-16)19-6-7-22-20(10-19)8-9-29(22)23(30)12-32-24(31)18-4-2-17(3-5-18)11-28-15-25-14-26-28/h2-7,10,13-15H,8-9,11-12H2,1H3. The number of carbonyl (C=O) groups excluding carboxylic acids is 2. The van der Waals surface area contributed by atoms with E-state index in [1.54, 1.807) is 39.4 Å². The molecule has 2 aromatic carbocycles. The molecule has 0 spiro atoms. The van der Waals surface area contributed by atoms with E-state index in [9.17, 15) is 9.59 Å². The number of rotatable bonds is 6. The van der Waals surface area contributed by atoms with E-state index in [4.69, 9.17) is 4.74 Å². The predicted molar refractivity (Wildman–Crippen MR) is 124 cm³/mol. The van der Waals surface area contributed by atoms with Crippen molar-refractivity contribution in [2.45, 2.75) is 19.9 Å². The minimum atomic E-state index is -0.524. The third-order valence-electron chi connectivity index (χ3n) is 5.52. The van der Waals surface area contributed by atoms with Gasteiger partial charge in [0, 0.05) is 23.2 Å². The summed E-state index contributed by atoms with van der Waals surface area (Å²) >= 11 is 1.62. The first kappa shape index (κ1) is 21.0. The van der Waals surface area contributed by atoms with Gasteiger partial charge < -0.3 is 9.64 Å². The fourth-order valence-corrected chi connectivity index (χ4v) is 4.47. The molecule has 4 aromatic rings. The summed E-state index contributed by atoms with van der Waals surface area (Å²) in [5, 5.41) is 7.12. The zero-order valence-electron chi connectivity index (χ0n) is 18.0. The summed E-state index contributed by atoms with van der Waals surface area (Å²) in [5.41, 5.74) is 5.34. The molecule has 1 aliphatic heterocycles. The molecular formula is C24H21N5O3S. The fourth-order valence-electron chi connectivity index (χ4n) is 3.85. The highest BCUT2D eigenvalue weighted by molar-refractivity contribution is 7.09. The van der Waals surface area contributed by atoms with E-state index in [0.29, 0.717) is 18.7 Å². The molecule has 0 radical (unpaired) electrons. The van der Waals surface area contributed by atoms with Crippen molar-refractivity contribution in [3.63, 3.8) is 0 Å². The van der Waals surface area contributed by atoms with Gasteiger partial charge in [0.05, 0.1) is 22.8 Å². The number of amides is 1. The smallest absolute Gasteiger partial charge is 0.338 e. The van der Waals surface area contributed by atoms with Crippen LogP contribution in [0.15, 0.2) is 60.5 Å². The van der Waals surface area contributed by atoms with E-state index in [2.05, 4.69) is 21.1 Å². The number of nitrogens with zero attached hydrogens (tertiary/aromatic N) is 5. The maximum atomic E-state index is 12.8. The zero-order valence-corrected chi connectivity index (χ0v) is 18.8. The number of hydrogen-bond acceptors (Lipinski definition) is 7. The average Bonchev–Trinajstić information content (AvgIpc) is 3.58. The van der Waals surface area contributed by atoms with Crippen molar-refractivity contribution in [1.82, 2.24) is 19.7 Å². The minimum absolute atomic E-state index is 0.234. The van der Waals surface area contributed by atoms with Crippen LogP contribution in [0.3, 0.4) is 0 Å². The molecule has 0 saturated heterocycles. The van der Waals surface area contributed by atoms with Crippen LogP contribution in [-0.4, -0.2) is 44.8 Å². The van der Waals surface area contributed by atoms with Crippen molar-refractivity contribution < 1.29 is 14.3 Å². The van der Waals surface area contributed by atoms with E-state index < -0.39 is 5.97 Å². The first-order valence-electron chi connectivity index (χ1n) is 10.5. The highest BCUT2D eigenvalue weighted by atomic mass is 32.1. The van der Waals surface area contributed by atoms with E-state index in [1.165, 1.54) is 6.33 Å². The van der Waals surface area contributed by atoms with Crippen LogP contribution in [0.1, 0.15) is 26.5 Å². The van der Waals surface area contributed by atoms with Crippen LogP contribution < -0.4 is 4.90 Å². The van der Waals surface area contributed by atoms with Crippen LogP contribution in [0, 0.1) is 6.92 Å². The van der Waals surface area contributed by atoms with E-state index in [0.717, 1.165) is 39.5 Å². The van der Waals surface area contributed by atoms with Crippen molar-refractivity contribution in [3.8, 4) is 11.3 Å². The van der Waals surface area contributed by atoms with Gasteiger partial charge in [0.25, 0.3) is 5.91 Å². The van der Waals surface area contributed by atoms with Crippen LogP contribution >= 0.6 is 11.3 Å². The van der Waals surface area contributed by atoms with Crippen LogP contribution in [0.25, 0.3) is 11.3 Å². The largest absolute Gasteiger partial charge is 0.452 e. The topological polar surface area (TPSA) is 90.2 Å². The molecule has 0 atom stereocenters. The quantitative estimate of drug-likeness (QED) is 0.410. The van der Waals surface area contributed by atoms with Gasteiger partial charge in [0.1, 0.15) is 12.7 Å². The van der Waals surface area contributed by atoms with Gasteiger partial charge in [0.15, 0.2) is 6.61 Å². The molecule has 8 nitrogen and oxygen atoms in total. The highest BCUT2D eigenvalue weighted by Gasteiger charge is 2.26. The summed E-state index contributed by atoms with van der Waals surface area (Å²) < 4.78 is 6.99. The Hall–Kier alpha value is -3.85. The van der Waals surface area contributed by atoms with Crippen LogP contribution in [-0.2, 0) is 22.5 Å². The van der Waals surface area contributed by atoms with Gasteiger partial charge in [-0.3, -0.25) is 4.79 Å².